The van der Waals surface area contributed by atoms with Gasteiger partial charge in [0.15, 0.2) is 5.84 Å². The summed E-state index contributed by atoms with van der Waals surface area (Å²) in [4.78, 5) is 16.3. The molecule has 2 aromatic rings. The van der Waals surface area contributed by atoms with E-state index in [0.29, 0.717) is 11.8 Å². The minimum Gasteiger partial charge on any atom is -0.341 e. The van der Waals surface area contributed by atoms with E-state index in [0.717, 1.165) is 41.8 Å². The maximum absolute atomic E-state index is 5.69. The van der Waals surface area contributed by atoms with Crippen molar-refractivity contribution in [3.05, 3.63) is 36.0 Å². The molecule has 130 valence electrons. The van der Waals surface area contributed by atoms with Crippen LogP contribution in [0.4, 0.5) is 23.1 Å². The van der Waals surface area contributed by atoms with Crippen molar-refractivity contribution in [2.75, 3.05) is 23.3 Å². The minimum absolute atomic E-state index is 0.559. The maximum atomic E-state index is 5.69. The van der Waals surface area contributed by atoms with Crippen molar-refractivity contribution in [2.24, 2.45) is 16.8 Å². The summed E-state index contributed by atoms with van der Waals surface area (Å²) in [5.41, 5.74) is 5.17. The molecule has 0 amide bonds. The van der Waals surface area contributed by atoms with E-state index < -0.39 is 0 Å². The molecule has 25 heavy (non-hydrogen) atoms. The van der Waals surface area contributed by atoms with Crippen LogP contribution >= 0.6 is 0 Å². The standard InChI is InChI=1S/C18H23N7/c1-12-6-4-5-9-25(11-12)18-20-10-13-16(23-18)21-14-7-2-3-8-15(14)22-17(13)24-19/h2-3,7-8,10,12H,4-6,9,11,19H2,1H3,(H,22,24)(H,20,21,23). The predicted octanol–water partition coefficient (Wildman–Crippen LogP) is 2.70. The number of anilines is 3. The Morgan fingerprint density at radius 3 is 3.04 bits per heavy atom. The van der Waals surface area contributed by atoms with Crippen molar-refractivity contribution >= 4 is 29.0 Å². The quantitative estimate of drug-likeness (QED) is 0.547. The van der Waals surface area contributed by atoms with E-state index in [-0.39, 0.29) is 0 Å². The van der Waals surface area contributed by atoms with E-state index in [2.05, 4.69) is 32.5 Å². The fourth-order valence-corrected chi connectivity index (χ4v) is 3.42. The van der Waals surface area contributed by atoms with Crippen LogP contribution in [0, 0.1) is 5.92 Å². The minimum atomic E-state index is 0.559. The SMILES string of the molecule is CC1CCCCN(c2ncc3c(n2)Nc2ccccc2N=C3NN)C1. The second-order valence-electron chi connectivity index (χ2n) is 6.73. The highest BCUT2D eigenvalue weighted by molar-refractivity contribution is 6.06. The molecule has 1 aromatic carbocycles. The Morgan fingerprint density at radius 1 is 1.28 bits per heavy atom. The Bertz CT molecular complexity index is 802. The van der Waals surface area contributed by atoms with Crippen molar-refractivity contribution in [2.45, 2.75) is 26.2 Å². The molecule has 4 N–H and O–H groups in total. The molecule has 0 saturated carbocycles. The molecular weight excluding hydrogens is 314 g/mol. The van der Waals surface area contributed by atoms with E-state index >= 15 is 0 Å². The molecule has 7 nitrogen and oxygen atoms in total. The van der Waals surface area contributed by atoms with Gasteiger partial charge in [-0.3, -0.25) is 0 Å². The summed E-state index contributed by atoms with van der Waals surface area (Å²) in [6.07, 6.45) is 5.51. The number of aromatic nitrogens is 2. The molecule has 1 fully saturated rings. The van der Waals surface area contributed by atoms with Gasteiger partial charge in [-0.05, 0) is 30.9 Å². The fourth-order valence-electron chi connectivity index (χ4n) is 3.42. The highest BCUT2D eigenvalue weighted by atomic mass is 15.3. The second-order valence-corrected chi connectivity index (χ2v) is 6.73. The lowest BCUT2D eigenvalue weighted by molar-refractivity contribution is 0.542. The van der Waals surface area contributed by atoms with Crippen LogP contribution in [0.3, 0.4) is 0 Å². The highest BCUT2D eigenvalue weighted by Crippen LogP contribution is 2.33. The number of benzene rings is 1. The van der Waals surface area contributed by atoms with Crippen LogP contribution in [-0.4, -0.2) is 28.9 Å². The Labute approximate surface area is 147 Å². The van der Waals surface area contributed by atoms with Gasteiger partial charge in [0.2, 0.25) is 5.95 Å². The Hall–Kier alpha value is -2.67. The Balaban J connectivity index is 1.74. The monoisotopic (exact) mass is 337 g/mol. The van der Waals surface area contributed by atoms with E-state index in [1.807, 2.05) is 24.3 Å². The molecule has 3 heterocycles. The maximum Gasteiger partial charge on any atom is 0.227 e. The predicted molar refractivity (Wildman–Crippen MR) is 101 cm³/mol. The molecule has 7 heteroatoms. The number of amidine groups is 1. The van der Waals surface area contributed by atoms with Gasteiger partial charge in [0.05, 0.1) is 16.9 Å². The van der Waals surface area contributed by atoms with Crippen molar-refractivity contribution < 1.29 is 0 Å². The topological polar surface area (TPSA) is 91.5 Å². The third-order valence-corrected chi connectivity index (χ3v) is 4.75. The van der Waals surface area contributed by atoms with Gasteiger partial charge < -0.3 is 15.6 Å². The number of nitrogens with two attached hydrogens (primary N) is 1. The van der Waals surface area contributed by atoms with Crippen LogP contribution in [0.1, 0.15) is 31.7 Å². The van der Waals surface area contributed by atoms with Gasteiger partial charge in [0.25, 0.3) is 0 Å². The zero-order valence-corrected chi connectivity index (χ0v) is 14.4. The molecule has 1 saturated heterocycles. The third-order valence-electron chi connectivity index (χ3n) is 4.75. The van der Waals surface area contributed by atoms with Crippen molar-refractivity contribution in [1.29, 1.82) is 0 Å². The first-order valence-corrected chi connectivity index (χ1v) is 8.78. The summed E-state index contributed by atoms with van der Waals surface area (Å²) in [6, 6.07) is 7.85. The average Bonchev–Trinajstić information content (AvgIpc) is 2.94. The summed E-state index contributed by atoms with van der Waals surface area (Å²) in [5.74, 6) is 8.39. The average molecular weight is 337 g/mol. The molecule has 0 aliphatic carbocycles. The van der Waals surface area contributed by atoms with E-state index in [9.17, 15) is 0 Å². The van der Waals surface area contributed by atoms with Crippen molar-refractivity contribution in [1.82, 2.24) is 15.4 Å². The number of hydrogen-bond donors (Lipinski definition) is 3. The van der Waals surface area contributed by atoms with Gasteiger partial charge >= 0.3 is 0 Å². The Morgan fingerprint density at radius 2 is 2.16 bits per heavy atom. The first kappa shape index (κ1) is 15.8. The summed E-state index contributed by atoms with van der Waals surface area (Å²) in [7, 11) is 0. The normalized spacial score (nSPS) is 19.7. The van der Waals surface area contributed by atoms with Crippen molar-refractivity contribution in [3.63, 3.8) is 0 Å². The lowest BCUT2D eigenvalue weighted by Gasteiger charge is -2.23. The molecule has 1 aromatic heterocycles. The number of hydrazine groups is 1. The number of nitrogens with zero attached hydrogens (tertiary/aromatic N) is 4. The fraction of sp³-hybridized carbons (Fsp3) is 0.389. The molecule has 0 bridgehead atoms. The summed E-state index contributed by atoms with van der Waals surface area (Å²) >= 11 is 0. The van der Waals surface area contributed by atoms with Crippen LogP contribution in [0.5, 0.6) is 0 Å². The first-order valence-electron chi connectivity index (χ1n) is 8.78. The van der Waals surface area contributed by atoms with E-state index in [1.165, 1.54) is 19.3 Å². The Kier molecular flexibility index (Phi) is 4.23. The van der Waals surface area contributed by atoms with Crippen LogP contribution < -0.4 is 21.5 Å². The molecule has 2 aliphatic rings. The molecule has 0 spiro atoms. The van der Waals surface area contributed by atoms with E-state index in [4.69, 9.17) is 10.8 Å². The molecular formula is C18H23N7. The molecule has 1 unspecified atom stereocenters. The summed E-state index contributed by atoms with van der Waals surface area (Å²) in [6.45, 7) is 4.28. The molecule has 2 aliphatic heterocycles. The van der Waals surface area contributed by atoms with Crippen molar-refractivity contribution in [3.8, 4) is 0 Å². The number of fused-ring (bicyclic) bond motifs is 2. The van der Waals surface area contributed by atoms with Gasteiger partial charge in [-0.2, -0.15) is 4.98 Å². The van der Waals surface area contributed by atoms with Crippen LogP contribution in [0.2, 0.25) is 0 Å². The lowest BCUT2D eigenvalue weighted by atomic mass is 10.1. The molecule has 1 atom stereocenters. The van der Waals surface area contributed by atoms with Gasteiger partial charge in [0.1, 0.15) is 5.82 Å². The second kappa shape index (κ2) is 6.68. The molecule has 0 radical (unpaired) electrons. The van der Waals surface area contributed by atoms with Gasteiger partial charge in [-0.25, -0.2) is 15.8 Å². The summed E-state index contributed by atoms with van der Waals surface area (Å²) in [5, 5.41) is 3.39. The van der Waals surface area contributed by atoms with Crippen LogP contribution in [0.25, 0.3) is 0 Å². The van der Waals surface area contributed by atoms with E-state index in [1.54, 1.807) is 6.20 Å². The zero-order valence-electron chi connectivity index (χ0n) is 14.4. The lowest BCUT2D eigenvalue weighted by Crippen LogP contribution is -2.32. The number of nitrogens with one attached hydrogen (secondary N) is 2. The largest absolute Gasteiger partial charge is 0.341 e. The number of aliphatic imine (C=N–C) groups is 1. The van der Waals surface area contributed by atoms with Gasteiger partial charge in [-0.1, -0.05) is 25.5 Å². The summed E-state index contributed by atoms with van der Waals surface area (Å²) < 4.78 is 0. The van der Waals surface area contributed by atoms with Crippen LogP contribution in [-0.2, 0) is 0 Å². The van der Waals surface area contributed by atoms with Gasteiger partial charge in [0, 0.05) is 19.3 Å². The highest BCUT2D eigenvalue weighted by Gasteiger charge is 2.22. The number of para-hydroxylation sites is 2. The molecule has 4 rings (SSSR count). The number of rotatable bonds is 1. The third kappa shape index (κ3) is 3.15. The zero-order chi connectivity index (χ0) is 17.2. The van der Waals surface area contributed by atoms with Gasteiger partial charge in [-0.15, -0.1) is 0 Å². The van der Waals surface area contributed by atoms with Crippen LogP contribution in [0.15, 0.2) is 35.5 Å². The first-order chi connectivity index (χ1) is 12.2. The number of hydrogen-bond acceptors (Lipinski definition) is 7. The smallest absolute Gasteiger partial charge is 0.227 e.